The van der Waals surface area contributed by atoms with Crippen molar-refractivity contribution < 1.29 is 9.31 Å². The van der Waals surface area contributed by atoms with Crippen molar-refractivity contribution in [2.45, 2.75) is 6.54 Å². The van der Waals surface area contributed by atoms with E-state index in [9.17, 15) is 14.5 Å². The molecule has 0 radical (unpaired) electrons. The first-order valence-electron chi connectivity index (χ1n) is 6.65. The zero-order valence-corrected chi connectivity index (χ0v) is 11.5. The van der Waals surface area contributed by atoms with E-state index >= 15 is 0 Å². The van der Waals surface area contributed by atoms with E-state index < -0.39 is 4.92 Å². The van der Waals surface area contributed by atoms with Gasteiger partial charge in [0.05, 0.1) is 16.0 Å². The maximum absolute atomic E-state index is 12.9. The predicted molar refractivity (Wildman–Crippen MR) is 82.1 cm³/mol. The van der Waals surface area contributed by atoms with Gasteiger partial charge in [0.2, 0.25) is 0 Å². The highest BCUT2D eigenvalue weighted by Gasteiger charge is 2.14. The highest BCUT2D eigenvalue weighted by atomic mass is 19.1. The standard InChI is InChI=1S/C16H12FN3O2/c17-12-5-3-11(4-6-12)10-19-14-7-8-15(20(21)22)13-2-1-9-18-16(13)14/h1-9,19H,10H2. The van der Waals surface area contributed by atoms with Gasteiger partial charge in [0.1, 0.15) is 11.3 Å². The number of halogens is 1. The Kier molecular flexibility index (Phi) is 3.65. The molecule has 0 saturated carbocycles. The van der Waals surface area contributed by atoms with E-state index in [1.54, 1.807) is 36.5 Å². The molecule has 1 heterocycles. The topological polar surface area (TPSA) is 68.1 Å². The second-order valence-corrected chi connectivity index (χ2v) is 4.77. The molecule has 6 heteroatoms. The molecule has 0 aliphatic heterocycles. The lowest BCUT2D eigenvalue weighted by Crippen LogP contribution is -2.01. The van der Waals surface area contributed by atoms with E-state index in [0.29, 0.717) is 23.1 Å². The molecule has 1 N–H and O–H groups in total. The second-order valence-electron chi connectivity index (χ2n) is 4.77. The average Bonchev–Trinajstić information content (AvgIpc) is 2.53. The Morgan fingerprint density at radius 2 is 1.91 bits per heavy atom. The van der Waals surface area contributed by atoms with Crippen molar-refractivity contribution in [1.29, 1.82) is 0 Å². The number of fused-ring (bicyclic) bond motifs is 1. The normalized spacial score (nSPS) is 10.6. The van der Waals surface area contributed by atoms with E-state index in [-0.39, 0.29) is 11.5 Å². The Balaban J connectivity index is 1.93. The summed E-state index contributed by atoms with van der Waals surface area (Å²) in [6, 6.07) is 12.6. The summed E-state index contributed by atoms with van der Waals surface area (Å²) in [5.74, 6) is -0.286. The molecule has 0 saturated heterocycles. The summed E-state index contributed by atoms with van der Waals surface area (Å²) in [5, 5.41) is 14.7. The Hall–Kier alpha value is -3.02. The van der Waals surface area contributed by atoms with Crippen LogP contribution in [-0.2, 0) is 6.54 Å². The summed E-state index contributed by atoms with van der Waals surface area (Å²) >= 11 is 0. The Bertz CT molecular complexity index is 834. The third-order valence-electron chi connectivity index (χ3n) is 3.34. The quantitative estimate of drug-likeness (QED) is 0.586. The molecule has 22 heavy (non-hydrogen) atoms. The summed E-state index contributed by atoms with van der Waals surface area (Å²) in [5.41, 5.74) is 2.17. The average molecular weight is 297 g/mol. The number of non-ortho nitro benzene ring substituents is 1. The van der Waals surface area contributed by atoms with Crippen LogP contribution in [0.25, 0.3) is 10.9 Å². The number of aromatic nitrogens is 1. The molecule has 0 spiro atoms. The van der Waals surface area contributed by atoms with Gasteiger partial charge in [-0.25, -0.2) is 4.39 Å². The lowest BCUT2D eigenvalue weighted by molar-refractivity contribution is -0.383. The predicted octanol–water partition coefficient (Wildman–Crippen LogP) is 3.89. The lowest BCUT2D eigenvalue weighted by Gasteiger charge is -2.09. The summed E-state index contributed by atoms with van der Waals surface area (Å²) in [6.07, 6.45) is 1.59. The number of nitro benzene ring substituents is 1. The highest BCUT2D eigenvalue weighted by molar-refractivity contribution is 5.96. The molecule has 1 aromatic heterocycles. The first-order chi connectivity index (χ1) is 10.6. The van der Waals surface area contributed by atoms with Crippen LogP contribution < -0.4 is 5.32 Å². The van der Waals surface area contributed by atoms with Gasteiger partial charge >= 0.3 is 0 Å². The summed E-state index contributed by atoms with van der Waals surface area (Å²) < 4.78 is 12.9. The first-order valence-corrected chi connectivity index (χ1v) is 6.65. The van der Waals surface area contributed by atoms with Crippen molar-refractivity contribution in [3.8, 4) is 0 Å². The van der Waals surface area contributed by atoms with Crippen LogP contribution in [0.4, 0.5) is 15.8 Å². The van der Waals surface area contributed by atoms with Crippen LogP contribution in [0.5, 0.6) is 0 Å². The van der Waals surface area contributed by atoms with Gasteiger partial charge in [0.25, 0.3) is 5.69 Å². The van der Waals surface area contributed by atoms with Crippen LogP contribution in [0.2, 0.25) is 0 Å². The fourth-order valence-corrected chi connectivity index (χ4v) is 2.26. The summed E-state index contributed by atoms with van der Waals surface area (Å²) in [7, 11) is 0. The van der Waals surface area contributed by atoms with Gasteiger partial charge in [-0.2, -0.15) is 0 Å². The molecule has 3 aromatic rings. The molecule has 0 unspecified atom stereocenters. The highest BCUT2D eigenvalue weighted by Crippen LogP contribution is 2.29. The van der Waals surface area contributed by atoms with Gasteiger partial charge in [0.15, 0.2) is 0 Å². The van der Waals surface area contributed by atoms with Crippen LogP contribution in [0, 0.1) is 15.9 Å². The van der Waals surface area contributed by atoms with Crippen molar-refractivity contribution in [3.05, 3.63) is 76.2 Å². The number of nitrogens with one attached hydrogen (secondary N) is 1. The fourth-order valence-electron chi connectivity index (χ4n) is 2.26. The number of nitro groups is 1. The number of nitrogens with zero attached hydrogens (tertiary/aromatic N) is 2. The number of hydrogen-bond acceptors (Lipinski definition) is 4. The number of hydrogen-bond donors (Lipinski definition) is 1. The van der Waals surface area contributed by atoms with Crippen molar-refractivity contribution >= 4 is 22.3 Å². The molecular weight excluding hydrogens is 285 g/mol. The minimum atomic E-state index is -0.423. The molecule has 0 bridgehead atoms. The monoisotopic (exact) mass is 297 g/mol. The third kappa shape index (κ3) is 2.71. The Morgan fingerprint density at radius 1 is 1.14 bits per heavy atom. The molecule has 0 atom stereocenters. The summed E-state index contributed by atoms with van der Waals surface area (Å²) in [6.45, 7) is 0.476. The summed E-state index contributed by atoms with van der Waals surface area (Å²) in [4.78, 5) is 14.9. The van der Waals surface area contributed by atoms with Crippen LogP contribution in [-0.4, -0.2) is 9.91 Å². The minimum Gasteiger partial charge on any atom is -0.379 e. The van der Waals surface area contributed by atoms with Gasteiger partial charge in [-0.1, -0.05) is 12.1 Å². The fraction of sp³-hybridized carbons (Fsp3) is 0.0625. The van der Waals surface area contributed by atoms with E-state index in [1.165, 1.54) is 18.2 Å². The van der Waals surface area contributed by atoms with Crippen LogP contribution >= 0.6 is 0 Å². The van der Waals surface area contributed by atoms with Crippen molar-refractivity contribution in [3.63, 3.8) is 0 Å². The molecule has 2 aromatic carbocycles. The Labute approximate surface area is 125 Å². The van der Waals surface area contributed by atoms with E-state index in [1.807, 2.05) is 0 Å². The molecule has 5 nitrogen and oxygen atoms in total. The van der Waals surface area contributed by atoms with Crippen molar-refractivity contribution in [2.24, 2.45) is 0 Å². The molecule has 0 aliphatic carbocycles. The van der Waals surface area contributed by atoms with Crippen LogP contribution in [0.1, 0.15) is 5.56 Å². The molecular formula is C16H12FN3O2. The number of pyridine rings is 1. The smallest absolute Gasteiger partial charge is 0.278 e. The zero-order chi connectivity index (χ0) is 15.5. The molecule has 3 rings (SSSR count). The molecule has 0 fully saturated rings. The van der Waals surface area contributed by atoms with Crippen molar-refractivity contribution in [2.75, 3.05) is 5.32 Å². The molecule has 0 aliphatic rings. The maximum atomic E-state index is 12.9. The SMILES string of the molecule is O=[N+]([O-])c1ccc(NCc2ccc(F)cc2)c2ncccc12. The molecule has 110 valence electrons. The van der Waals surface area contributed by atoms with Crippen molar-refractivity contribution in [1.82, 2.24) is 4.98 Å². The van der Waals surface area contributed by atoms with Gasteiger partial charge < -0.3 is 5.32 Å². The maximum Gasteiger partial charge on any atom is 0.278 e. The van der Waals surface area contributed by atoms with E-state index in [4.69, 9.17) is 0 Å². The van der Waals surface area contributed by atoms with Gasteiger partial charge in [-0.3, -0.25) is 15.1 Å². The first kappa shape index (κ1) is 13.9. The number of rotatable bonds is 4. The molecule has 0 amide bonds. The Morgan fingerprint density at radius 3 is 2.64 bits per heavy atom. The minimum absolute atomic E-state index is 0.0235. The van der Waals surface area contributed by atoms with Gasteiger partial charge in [-0.15, -0.1) is 0 Å². The number of benzene rings is 2. The van der Waals surface area contributed by atoms with Gasteiger partial charge in [-0.05, 0) is 35.9 Å². The number of anilines is 1. The second kappa shape index (κ2) is 5.77. The zero-order valence-electron chi connectivity index (χ0n) is 11.5. The van der Waals surface area contributed by atoms with E-state index in [0.717, 1.165) is 5.56 Å². The van der Waals surface area contributed by atoms with Crippen LogP contribution in [0.3, 0.4) is 0 Å². The lowest BCUT2D eigenvalue weighted by atomic mass is 10.1. The third-order valence-corrected chi connectivity index (χ3v) is 3.34. The van der Waals surface area contributed by atoms with Crippen LogP contribution in [0.15, 0.2) is 54.7 Å². The van der Waals surface area contributed by atoms with E-state index in [2.05, 4.69) is 10.3 Å². The van der Waals surface area contributed by atoms with Gasteiger partial charge in [0, 0.05) is 18.8 Å². The largest absolute Gasteiger partial charge is 0.379 e.